The number of likely N-dealkylation sites (tertiary alicyclic amines) is 2. The van der Waals surface area contributed by atoms with Crippen molar-refractivity contribution in [2.45, 2.75) is 50.7 Å². The van der Waals surface area contributed by atoms with Gasteiger partial charge in [-0.3, -0.25) is 9.59 Å². The Balaban J connectivity index is 1.50. The number of rotatable bonds is 8. The van der Waals surface area contributed by atoms with Crippen LogP contribution >= 0.6 is 0 Å². The molecule has 0 aromatic heterocycles. The standard InChI is InChI=1S/C23H34N2O5/c1-28-16-12-22(26)24-14-10-21(11-15-24)30-20-8-6-18(7-9-20)23(27)25-13-4-3-5-19(25)17-29-2/h6-9,19,21H,3-5,10-17H2,1-2H3/t19-/m0/s1. The number of carbonyl (C=O) groups excluding carboxylic acids is 2. The Morgan fingerprint density at radius 1 is 0.967 bits per heavy atom. The molecule has 7 heteroatoms. The Hall–Kier alpha value is -2.12. The van der Waals surface area contributed by atoms with E-state index in [2.05, 4.69) is 0 Å². The first-order valence-corrected chi connectivity index (χ1v) is 11.0. The molecule has 7 nitrogen and oxygen atoms in total. The second kappa shape index (κ2) is 11.3. The van der Waals surface area contributed by atoms with E-state index < -0.39 is 0 Å². The average molecular weight is 419 g/mol. The SMILES string of the molecule is COCCC(=O)N1CCC(Oc2ccc(C(=O)N3CCCC[C@H]3COC)cc2)CC1. The zero-order valence-corrected chi connectivity index (χ0v) is 18.2. The van der Waals surface area contributed by atoms with E-state index >= 15 is 0 Å². The van der Waals surface area contributed by atoms with Crippen LogP contribution < -0.4 is 4.74 Å². The van der Waals surface area contributed by atoms with Gasteiger partial charge in [-0.1, -0.05) is 0 Å². The zero-order valence-electron chi connectivity index (χ0n) is 18.2. The number of piperidine rings is 2. The fourth-order valence-electron chi connectivity index (χ4n) is 4.24. The minimum atomic E-state index is 0.0613. The minimum Gasteiger partial charge on any atom is -0.490 e. The smallest absolute Gasteiger partial charge is 0.254 e. The maximum absolute atomic E-state index is 12.9. The number of amides is 2. The van der Waals surface area contributed by atoms with Gasteiger partial charge in [-0.25, -0.2) is 0 Å². The van der Waals surface area contributed by atoms with Crippen molar-refractivity contribution in [1.29, 1.82) is 0 Å². The Kier molecular flexibility index (Phi) is 8.51. The third kappa shape index (κ3) is 5.95. The predicted molar refractivity (Wildman–Crippen MR) is 114 cm³/mol. The minimum absolute atomic E-state index is 0.0613. The molecule has 30 heavy (non-hydrogen) atoms. The largest absolute Gasteiger partial charge is 0.490 e. The lowest BCUT2D eigenvalue weighted by Gasteiger charge is -2.35. The van der Waals surface area contributed by atoms with Gasteiger partial charge in [-0.2, -0.15) is 0 Å². The second-order valence-electron chi connectivity index (χ2n) is 8.07. The molecule has 2 amide bonds. The van der Waals surface area contributed by atoms with Crippen LogP contribution in [0.4, 0.5) is 0 Å². The van der Waals surface area contributed by atoms with Gasteiger partial charge in [-0.05, 0) is 43.5 Å². The van der Waals surface area contributed by atoms with Crippen LogP contribution in [0.5, 0.6) is 5.75 Å². The van der Waals surface area contributed by atoms with Crippen molar-refractivity contribution < 1.29 is 23.8 Å². The van der Waals surface area contributed by atoms with E-state index in [4.69, 9.17) is 14.2 Å². The molecular formula is C23H34N2O5. The number of methoxy groups -OCH3 is 2. The topological polar surface area (TPSA) is 68.3 Å². The van der Waals surface area contributed by atoms with Crippen molar-refractivity contribution in [2.24, 2.45) is 0 Å². The van der Waals surface area contributed by atoms with Gasteiger partial charge in [0.2, 0.25) is 5.91 Å². The lowest BCUT2D eigenvalue weighted by Crippen LogP contribution is -2.46. The Bertz CT molecular complexity index is 683. The van der Waals surface area contributed by atoms with Crippen molar-refractivity contribution >= 4 is 11.8 Å². The van der Waals surface area contributed by atoms with Gasteiger partial charge in [0.1, 0.15) is 11.9 Å². The van der Waals surface area contributed by atoms with Gasteiger partial charge >= 0.3 is 0 Å². The second-order valence-corrected chi connectivity index (χ2v) is 8.07. The van der Waals surface area contributed by atoms with Gasteiger partial charge in [-0.15, -0.1) is 0 Å². The van der Waals surface area contributed by atoms with Crippen molar-refractivity contribution in [2.75, 3.05) is 47.1 Å². The highest BCUT2D eigenvalue weighted by Crippen LogP contribution is 2.23. The molecule has 1 aromatic carbocycles. The third-order valence-electron chi connectivity index (χ3n) is 5.97. The van der Waals surface area contributed by atoms with E-state index in [1.165, 1.54) is 0 Å². The van der Waals surface area contributed by atoms with Crippen LogP contribution in [0.25, 0.3) is 0 Å². The average Bonchev–Trinajstić information content (AvgIpc) is 2.78. The summed E-state index contributed by atoms with van der Waals surface area (Å²) in [7, 11) is 3.29. The van der Waals surface area contributed by atoms with Gasteiger partial charge in [0.25, 0.3) is 5.91 Å². The van der Waals surface area contributed by atoms with Crippen LogP contribution in [0.3, 0.4) is 0 Å². The molecule has 0 N–H and O–H groups in total. The first-order valence-electron chi connectivity index (χ1n) is 11.0. The molecule has 2 heterocycles. The van der Waals surface area contributed by atoms with Gasteiger partial charge in [0, 0.05) is 52.3 Å². The van der Waals surface area contributed by atoms with E-state index in [-0.39, 0.29) is 24.0 Å². The van der Waals surface area contributed by atoms with Crippen LogP contribution in [0.15, 0.2) is 24.3 Å². The van der Waals surface area contributed by atoms with Crippen LogP contribution in [-0.4, -0.2) is 80.8 Å². The summed E-state index contributed by atoms with van der Waals surface area (Å²) in [5.74, 6) is 0.969. The molecule has 2 aliphatic rings. The molecule has 2 fully saturated rings. The molecule has 2 saturated heterocycles. The van der Waals surface area contributed by atoms with Crippen LogP contribution in [0.1, 0.15) is 48.9 Å². The highest BCUT2D eigenvalue weighted by molar-refractivity contribution is 5.94. The molecular weight excluding hydrogens is 384 g/mol. The van der Waals surface area contributed by atoms with E-state index in [1.54, 1.807) is 14.2 Å². The molecule has 0 spiro atoms. The summed E-state index contributed by atoms with van der Waals surface area (Å²) < 4.78 is 16.4. The quantitative estimate of drug-likeness (QED) is 0.649. The van der Waals surface area contributed by atoms with Gasteiger partial charge in [0.05, 0.1) is 25.7 Å². The third-order valence-corrected chi connectivity index (χ3v) is 5.97. The molecule has 1 aromatic rings. The Morgan fingerprint density at radius 3 is 2.37 bits per heavy atom. The molecule has 1 atom stereocenters. The number of hydrogen-bond donors (Lipinski definition) is 0. The molecule has 0 saturated carbocycles. The number of ether oxygens (including phenoxy) is 3. The van der Waals surface area contributed by atoms with E-state index in [9.17, 15) is 9.59 Å². The lowest BCUT2D eigenvalue weighted by atomic mass is 10.0. The normalized spacial score (nSPS) is 20.3. The molecule has 0 aliphatic carbocycles. The lowest BCUT2D eigenvalue weighted by molar-refractivity contribution is -0.133. The molecule has 2 aliphatic heterocycles. The van der Waals surface area contributed by atoms with Crippen LogP contribution in [0.2, 0.25) is 0 Å². The predicted octanol–water partition coefficient (Wildman–Crippen LogP) is 2.73. The van der Waals surface area contributed by atoms with E-state index in [0.29, 0.717) is 38.3 Å². The first-order chi connectivity index (χ1) is 14.6. The van der Waals surface area contributed by atoms with Crippen molar-refractivity contribution in [3.63, 3.8) is 0 Å². The summed E-state index contributed by atoms with van der Waals surface area (Å²) in [5, 5.41) is 0. The fraction of sp³-hybridized carbons (Fsp3) is 0.652. The van der Waals surface area contributed by atoms with Gasteiger partial charge in [0.15, 0.2) is 0 Å². The molecule has 3 rings (SSSR count). The summed E-state index contributed by atoms with van der Waals surface area (Å²) in [6, 6.07) is 7.60. The summed E-state index contributed by atoms with van der Waals surface area (Å²) >= 11 is 0. The maximum Gasteiger partial charge on any atom is 0.254 e. The summed E-state index contributed by atoms with van der Waals surface area (Å²) in [5.41, 5.74) is 0.684. The highest BCUT2D eigenvalue weighted by atomic mass is 16.5. The monoisotopic (exact) mass is 418 g/mol. The summed E-state index contributed by atoms with van der Waals surface area (Å²) in [6.07, 6.45) is 5.32. The number of hydrogen-bond acceptors (Lipinski definition) is 5. The molecule has 166 valence electrons. The van der Waals surface area contributed by atoms with Crippen molar-refractivity contribution in [3.8, 4) is 5.75 Å². The Morgan fingerprint density at radius 2 is 1.70 bits per heavy atom. The maximum atomic E-state index is 12.9. The summed E-state index contributed by atoms with van der Waals surface area (Å²) in [6.45, 7) is 3.25. The summed E-state index contributed by atoms with van der Waals surface area (Å²) in [4.78, 5) is 28.9. The molecule has 0 bridgehead atoms. The van der Waals surface area contributed by atoms with Crippen molar-refractivity contribution in [3.05, 3.63) is 29.8 Å². The number of benzene rings is 1. The number of nitrogens with zero attached hydrogens (tertiary/aromatic N) is 2. The van der Waals surface area contributed by atoms with Crippen LogP contribution in [0, 0.1) is 0 Å². The van der Waals surface area contributed by atoms with Gasteiger partial charge < -0.3 is 24.0 Å². The Labute approximate surface area is 179 Å². The molecule has 0 radical (unpaired) electrons. The fourth-order valence-corrected chi connectivity index (χ4v) is 4.24. The van der Waals surface area contributed by atoms with Crippen LogP contribution in [-0.2, 0) is 14.3 Å². The van der Waals surface area contributed by atoms with E-state index in [0.717, 1.165) is 44.4 Å². The van der Waals surface area contributed by atoms with E-state index in [1.807, 2.05) is 34.1 Å². The molecule has 0 unspecified atom stereocenters. The first kappa shape index (κ1) is 22.6. The van der Waals surface area contributed by atoms with Crippen molar-refractivity contribution in [1.82, 2.24) is 9.80 Å². The highest BCUT2D eigenvalue weighted by Gasteiger charge is 2.28. The zero-order chi connectivity index (χ0) is 21.3. The number of carbonyl (C=O) groups is 2.